The van der Waals surface area contributed by atoms with Crippen LogP contribution in [-0.4, -0.2) is 13.3 Å². The van der Waals surface area contributed by atoms with Crippen LogP contribution in [-0.2, 0) is 10.0 Å². The summed E-state index contributed by atoms with van der Waals surface area (Å²) >= 11 is 0. The molecule has 7 heteroatoms. The monoisotopic (exact) mass is 334 g/mol. The maximum absolute atomic E-state index is 12.4. The molecule has 0 aliphatic rings. The average molecular weight is 334 g/mol. The summed E-state index contributed by atoms with van der Waals surface area (Å²) in [6, 6.07) is 10.3. The molecule has 0 amide bonds. The van der Waals surface area contributed by atoms with Crippen LogP contribution in [0.4, 0.5) is 5.69 Å². The predicted molar refractivity (Wildman–Crippen MR) is 87.7 cm³/mol. The third-order valence-corrected chi connectivity index (χ3v) is 5.15. The Balaban J connectivity index is 2.26. The van der Waals surface area contributed by atoms with Crippen molar-refractivity contribution in [3.05, 3.63) is 69.3 Å². The van der Waals surface area contributed by atoms with Gasteiger partial charge in [-0.3, -0.25) is 10.1 Å². The van der Waals surface area contributed by atoms with E-state index in [4.69, 9.17) is 0 Å². The lowest BCUT2D eigenvalue weighted by Crippen LogP contribution is -2.27. The van der Waals surface area contributed by atoms with E-state index >= 15 is 0 Å². The topological polar surface area (TPSA) is 89.3 Å². The number of aryl methyl sites for hydroxylation is 2. The number of hydrogen-bond acceptors (Lipinski definition) is 4. The molecular formula is C16H18N2O4S. The highest BCUT2D eigenvalue weighted by Crippen LogP contribution is 2.22. The van der Waals surface area contributed by atoms with Crippen LogP contribution in [0, 0.1) is 24.0 Å². The summed E-state index contributed by atoms with van der Waals surface area (Å²) in [6.07, 6.45) is 0. The van der Waals surface area contributed by atoms with Crippen molar-refractivity contribution in [3.63, 3.8) is 0 Å². The molecular weight excluding hydrogens is 316 g/mol. The molecule has 0 saturated heterocycles. The highest BCUT2D eigenvalue weighted by molar-refractivity contribution is 7.89. The second-order valence-corrected chi connectivity index (χ2v) is 7.17. The molecule has 23 heavy (non-hydrogen) atoms. The first-order chi connectivity index (χ1) is 10.7. The quantitative estimate of drug-likeness (QED) is 0.671. The van der Waals surface area contributed by atoms with Gasteiger partial charge in [-0.25, -0.2) is 13.1 Å². The molecule has 0 bridgehead atoms. The minimum absolute atomic E-state index is 0.000237. The summed E-state index contributed by atoms with van der Waals surface area (Å²) < 4.78 is 27.4. The van der Waals surface area contributed by atoms with Crippen LogP contribution >= 0.6 is 0 Å². The zero-order chi connectivity index (χ0) is 17.2. The number of non-ortho nitro benzene ring substituents is 1. The number of hydrogen-bond donors (Lipinski definition) is 1. The summed E-state index contributed by atoms with van der Waals surface area (Å²) in [5.74, 6) is 0. The molecule has 0 heterocycles. The van der Waals surface area contributed by atoms with E-state index in [1.165, 1.54) is 24.3 Å². The molecule has 2 rings (SSSR count). The molecule has 2 aromatic rings. The standard InChI is InChI=1S/C16H18N2O4S/c1-11-4-5-12(2)16(10-11)13(3)17-23(21,22)15-8-6-14(7-9-15)18(19)20/h4-10,13,17H,1-3H3/t13-/m0/s1. The van der Waals surface area contributed by atoms with E-state index < -0.39 is 21.0 Å². The van der Waals surface area contributed by atoms with Crippen molar-refractivity contribution < 1.29 is 13.3 Å². The minimum atomic E-state index is -3.75. The van der Waals surface area contributed by atoms with Gasteiger partial charge in [0, 0.05) is 18.2 Å². The molecule has 1 N–H and O–H groups in total. The van der Waals surface area contributed by atoms with Gasteiger partial charge in [0.05, 0.1) is 9.82 Å². The van der Waals surface area contributed by atoms with Crippen molar-refractivity contribution in [2.45, 2.75) is 31.7 Å². The Morgan fingerprint density at radius 3 is 2.26 bits per heavy atom. The number of nitro benzene ring substituents is 1. The molecule has 0 aromatic heterocycles. The summed E-state index contributed by atoms with van der Waals surface area (Å²) in [7, 11) is -3.75. The van der Waals surface area contributed by atoms with Crippen LogP contribution in [0.2, 0.25) is 0 Å². The van der Waals surface area contributed by atoms with Gasteiger partial charge in [-0.05, 0) is 44.0 Å². The number of rotatable bonds is 5. The van der Waals surface area contributed by atoms with Gasteiger partial charge in [0.1, 0.15) is 0 Å². The number of benzene rings is 2. The van der Waals surface area contributed by atoms with Crippen LogP contribution in [0.5, 0.6) is 0 Å². The first-order valence-electron chi connectivity index (χ1n) is 7.04. The molecule has 1 atom stereocenters. The van der Waals surface area contributed by atoms with Crippen LogP contribution in [0.25, 0.3) is 0 Å². The van der Waals surface area contributed by atoms with Crippen molar-refractivity contribution in [3.8, 4) is 0 Å². The fraction of sp³-hybridized carbons (Fsp3) is 0.250. The molecule has 0 aliphatic carbocycles. The van der Waals surface area contributed by atoms with Crippen molar-refractivity contribution >= 4 is 15.7 Å². The van der Waals surface area contributed by atoms with Gasteiger partial charge in [0.25, 0.3) is 5.69 Å². The fourth-order valence-electron chi connectivity index (χ4n) is 2.34. The predicted octanol–water partition coefficient (Wildman–Crippen LogP) is 3.25. The smallest absolute Gasteiger partial charge is 0.258 e. The van der Waals surface area contributed by atoms with Crippen LogP contribution in [0.3, 0.4) is 0 Å². The molecule has 0 aliphatic heterocycles. The number of nitro groups is 1. The van der Waals surface area contributed by atoms with E-state index in [-0.39, 0.29) is 10.6 Å². The van der Waals surface area contributed by atoms with Crippen molar-refractivity contribution in [2.75, 3.05) is 0 Å². The maximum atomic E-state index is 12.4. The van der Waals surface area contributed by atoms with Gasteiger partial charge in [0.2, 0.25) is 10.0 Å². The van der Waals surface area contributed by atoms with Gasteiger partial charge in [-0.15, -0.1) is 0 Å². The molecule has 0 saturated carbocycles. The average Bonchev–Trinajstić information content (AvgIpc) is 2.49. The number of sulfonamides is 1. The van der Waals surface area contributed by atoms with Gasteiger partial charge in [0.15, 0.2) is 0 Å². The van der Waals surface area contributed by atoms with E-state index in [0.29, 0.717) is 0 Å². The summed E-state index contributed by atoms with van der Waals surface area (Å²) in [4.78, 5) is 10.1. The summed E-state index contributed by atoms with van der Waals surface area (Å²) in [5, 5.41) is 10.6. The number of nitrogens with one attached hydrogen (secondary N) is 1. The fourth-order valence-corrected chi connectivity index (χ4v) is 3.56. The largest absolute Gasteiger partial charge is 0.269 e. The Bertz CT molecular complexity index is 830. The van der Waals surface area contributed by atoms with Crippen molar-refractivity contribution in [1.29, 1.82) is 0 Å². The van der Waals surface area contributed by atoms with Crippen molar-refractivity contribution in [2.24, 2.45) is 0 Å². The van der Waals surface area contributed by atoms with E-state index in [9.17, 15) is 18.5 Å². The van der Waals surface area contributed by atoms with Crippen LogP contribution < -0.4 is 4.72 Å². The lowest BCUT2D eigenvalue weighted by Gasteiger charge is -2.17. The van der Waals surface area contributed by atoms with E-state index in [1.807, 2.05) is 32.0 Å². The molecule has 0 unspecified atom stereocenters. The Kier molecular flexibility index (Phi) is 4.82. The second kappa shape index (κ2) is 6.47. The first kappa shape index (κ1) is 17.1. The zero-order valence-electron chi connectivity index (χ0n) is 13.1. The second-order valence-electron chi connectivity index (χ2n) is 5.45. The van der Waals surface area contributed by atoms with Gasteiger partial charge < -0.3 is 0 Å². The Hall–Kier alpha value is -2.25. The maximum Gasteiger partial charge on any atom is 0.269 e. The molecule has 0 spiro atoms. The van der Waals surface area contributed by atoms with Gasteiger partial charge in [-0.2, -0.15) is 0 Å². The molecule has 2 aromatic carbocycles. The highest BCUT2D eigenvalue weighted by Gasteiger charge is 2.20. The molecule has 122 valence electrons. The lowest BCUT2D eigenvalue weighted by atomic mass is 10.0. The van der Waals surface area contributed by atoms with E-state index in [2.05, 4.69) is 4.72 Å². The van der Waals surface area contributed by atoms with Crippen molar-refractivity contribution in [1.82, 2.24) is 4.72 Å². The molecule has 0 fully saturated rings. The van der Waals surface area contributed by atoms with Crippen LogP contribution in [0.1, 0.15) is 29.7 Å². The Morgan fingerprint density at radius 2 is 1.70 bits per heavy atom. The highest BCUT2D eigenvalue weighted by atomic mass is 32.2. The summed E-state index contributed by atoms with van der Waals surface area (Å²) in [6.45, 7) is 5.64. The summed E-state index contributed by atoms with van der Waals surface area (Å²) in [5.41, 5.74) is 2.79. The first-order valence-corrected chi connectivity index (χ1v) is 8.53. The Labute approximate surface area is 135 Å². The van der Waals surface area contributed by atoms with E-state index in [1.54, 1.807) is 6.92 Å². The Morgan fingerprint density at radius 1 is 1.09 bits per heavy atom. The molecule has 0 radical (unpaired) electrons. The van der Waals surface area contributed by atoms with E-state index in [0.717, 1.165) is 16.7 Å². The zero-order valence-corrected chi connectivity index (χ0v) is 13.9. The number of nitrogens with zero attached hydrogens (tertiary/aromatic N) is 1. The third-order valence-electron chi connectivity index (χ3n) is 3.59. The van der Waals surface area contributed by atoms with Crippen LogP contribution in [0.15, 0.2) is 47.4 Å². The lowest BCUT2D eigenvalue weighted by molar-refractivity contribution is -0.384. The minimum Gasteiger partial charge on any atom is -0.258 e. The third kappa shape index (κ3) is 3.94. The SMILES string of the molecule is Cc1ccc(C)c([C@H](C)NS(=O)(=O)c2ccc([N+](=O)[O-])cc2)c1. The molecule has 6 nitrogen and oxygen atoms in total. The van der Waals surface area contributed by atoms with Gasteiger partial charge in [-0.1, -0.05) is 23.8 Å². The normalized spacial score (nSPS) is 12.8. The van der Waals surface area contributed by atoms with Gasteiger partial charge >= 0.3 is 0 Å².